The van der Waals surface area contributed by atoms with Crippen molar-refractivity contribution in [1.82, 2.24) is 10.2 Å². The van der Waals surface area contributed by atoms with Gasteiger partial charge in [-0.3, -0.25) is 13.9 Å². The number of carbonyl (C=O) groups excluding carboxylic acids is 2. The Morgan fingerprint density at radius 1 is 1.03 bits per heavy atom. The minimum absolute atomic E-state index is 0.0836. The van der Waals surface area contributed by atoms with Crippen LogP contribution in [0.3, 0.4) is 0 Å². The molecule has 0 aliphatic carbocycles. The monoisotopic (exact) mass is 547 g/mol. The van der Waals surface area contributed by atoms with Crippen LogP contribution in [0.1, 0.15) is 32.3 Å². The summed E-state index contributed by atoms with van der Waals surface area (Å²) in [6.07, 6.45) is 2.70. The Hall–Kier alpha value is -2.00. The molecule has 1 atom stereocenters. The number of halogens is 3. The highest BCUT2D eigenvalue weighted by Gasteiger charge is 2.30. The summed E-state index contributed by atoms with van der Waals surface area (Å²) in [4.78, 5) is 27.5. The second-order valence-electron chi connectivity index (χ2n) is 7.83. The largest absolute Gasteiger partial charge is 0.354 e. The van der Waals surface area contributed by atoms with Crippen molar-refractivity contribution in [3.8, 4) is 0 Å². The van der Waals surface area contributed by atoms with E-state index in [4.69, 9.17) is 34.8 Å². The summed E-state index contributed by atoms with van der Waals surface area (Å²) in [5, 5.41) is 3.77. The highest BCUT2D eigenvalue weighted by molar-refractivity contribution is 7.92. The molecule has 0 fully saturated rings. The lowest BCUT2D eigenvalue weighted by Crippen LogP contribution is -2.51. The summed E-state index contributed by atoms with van der Waals surface area (Å²) in [6, 6.07) is 10.3. The third-order valence-corrected chi connectivity index (χ3v) is 7.04. The maximum atomic E-state index is 13.4. The molecule has 11 heteroatoms. The van der Waals surface area contributed by atoms with Crippen molar-refractivity contribution in [3.63, 3.8) is 0 Å². The van der Waals surface area contributed by atoms with Crippen LogP contribution in [0.25, 0.3) is 0 Å². The van der Waals surface area contributed by atoms with Crippen LogP contribution in [0, 0.1) is 0 Å². The van der Waals surface area contributed by atoms with Gasteiger partial charge in [-0.2, -0.15) is 0 Å². The molecule has 0 aromatic heterocycles. The summed E-state index contributed by atoms with van der Waals surface area (Å²) < 4.78 is 26.0. The number of hydrogen-bond acceptors (Lipinski definition) is 4. The Morgan fingerprint density at radius 3 is 2.21 bits per heavy atom. The van der Waals surface area contributed by atoms with Crippen LogP contribution in [0.5, 0.6) is 0 Å². The van der Waals surface area contributed by atoms with Gasteiger partial charge in [-0.05, 0) is 49.2 Å². The number of rotatable bonds is 11. The van der Waals surface area contributed by atoms with E-state index in [2.05, 4.69) is 5.32 Å². The van der Waals surface area contributed by atoms with Crippen LogP contribution in [0.15, 0.2) is 42.5 Å². The molecule has 0 radical (unpaired) electrons. The zero-order valence-electron chi connectivity index (χ0n) is 19.2. The summed E-state index contributed by atoms with van der Waals surface area (Å²) in [5.41, 5.74) is 0.856. The van der Waals surface area contributed by atoms with Gasteiger partial charge in [-0.1, -0.05) is 60.3 Å². The topological polar surface area (TPSA) is 86.8 Å². The lowest BCUT2D eigenvalue weighted by atomic mass is 10.1. The third-order valence-electron chi connectivity index (χ3n) is 5.12. The highest BCUT2D eigenvalue weighted by atomic mass is 35.5. The predicted molar refractivity (Wildman–Crippen MR) is 138 cm³/mol. The van der Waals surface area contributed by atoms with E-state index in [0.717, 1.165) is 29.0 Å². The maximum absolute atomic E-state index is 13.4. The zero-order chi connectivity index (χ0) is 25.5. The van der Waals surface area contributed by atoms with E-state index in [1.807, 2.05) is 6.92 Å². The van der Waals surface area contributed by atoms with Crippen LogP contribution < -0.4 is 9.62 Å². The standard InChI is InChI=1S/C23H28Cl3N3O4S/c1-4-5-12-27-23(31)16(2)28(14-17-6-8-18(24)9-7-17)22(30)15-29(34(3,32)33)21-11-10-19(25)13-20(21)26/h6-11,13,16H,4-5,12,14-15H2,1-3H3,(H,27,31)/t16-/m1/s1. The third kappa shape index (κ3) is 8.05. The summed E-state index contributed by atoms with van der Waals surface area (Å²) in [5.74, 6) is -0.893. The molecule has 0 aliphatic rings. The molecule has 0 unspecified atom stereocenters. The van der Waals surface area contributed by atoms with Gasteiger partial charge in [0.05, 0.1) is 17.0 Å². The summed E-state index contributed by atoms with van der Waals surface area (Å²) >= 11 is 18.1. The molecule has 0 spiro atoms. The van der Waals surface area contributed by atoms with E-state index in [1.54, 1.807) is 31.2 Å². The number of unbranched alkanes of at least 4 members (excludes halogenated alkanes) is 1. The average molecular weight is 549 g/mol. The second kappa shape index (κ2) is 12.6. The van der Waals surface area contributed by atoms with Crippen LogP contribution in [-0.4, -0.2) is 50.5 Å². The number of anilines is 1. The Labute approximate surface area is 216 Å². The van der Waals surface area contributed by atoms with E-state index in [0.29, 0.717) is 16.6 Å². The number of nitrogens with one attached hydrogen (secondary N) is 1. The van der Waals surface area contributed by atoms with E-state index < -0.39 is 28.5 Å². The molecular weight excluding hydrogens is 521 g/mol. The van der Waals surface area contributed by atoms with E-state index >= 15 is 0 Å². The molecule has 7 nitrogen and oxygen atoms in total. The van der Waals surface area contributed by atoms with E-state index in [1.165, 1.54) is 23.1 Å². The fourth-order valence-electron chi connectivity index (χ4n) is 3.18. The van der Waals surface area contributed by atoms with E-state index in [9.17, 15) is 18.0 Å². The van der Waals surface area contributed by atoms with Gasteiger partial charge in [0, 0.05) is 23.1 Å². The second-order valence-corrected chi connectivity index (χ2v) is 11.0. The van der Waals surface area contributed by atoms with Crippen molar-refractivity contribution in [2.24, 2.45) is 0 Å². The van der Waals surface area contributed by atoms with Gasteiger partial charge in [0.2, 0.25) is 21.8 Å². The van der Waals surface area contributed by atoms with Gasteiger partial charge in [0.1, 0.15) is 12.6 Å². The van der Waals surface area contributed by atoms with Crippen molar-refractivity contribution in [2.75, 3.05) is 23.7 Å². The number of nitrogens with zero attached hydrogens (tertiary/aromatic N) is 2. The van der Waals surface area contributed by atoms with Crippen LogP contribution >= 0.6 is 34.8 Å². The molecule has 0 aliphatic heterocycles. The summed E-state index contributed by atoms with van der Waals surface area (Å²) in [6.45, 7) is 3.64. The van der Waals surface area contributed by atoms with Crippen LogP contribution in [0.4, 0.5) is 5.69 Å². The van der Waals surface area contributed by atoms with Crippen molar-refractivity contribution in [3.05, 3.63) is 63.1 Å². The number of carbonyl (C=O) groups is 2. The SMILES string of the molecule is CCCCNC(=O)[C@@H](C)N(Cc1ccc(Cl)cc1)C(=O)CN(c1ccc(Cl)cc1Cl)S(C)(=O)=O. The molecule has 1 N–H and O–H groups in total. The smallest absolute Gasteiger partial charge is 0.244 e. The molecule has 186 valence electrons. The first-order valence-electron chi connectivity index (χ1n) is 10.7. The minimum atomic E-state index is -3.88. The average Bonchev–Trinajstić information content (AvgIpc) is 2.76. The van der Waals surface area contributed by atoms with Crippen molar-refractivity contribution in [2.45, 2.75) is 39.3 Å². The molecular formula is C23H28Cl3N3O4S. The number of hydrogen-bond donors (Lipinski definition) is 1. The van der Waals surface area contributed by atoms with Gasteiger partial charge >= 0.3 is 0 Å². The Bertz CT molecular complexity index is 1110. The predicted octanol–water partition coefficient (Wildman–Crippen LogP) is 4.75. The van der Waals surface area contributed by atoms with Gasteiger partial charge < -0.3 is 10.2 Å². The Morgan fingerprint density at radius 2 is 1.65 bits per heavy atom. The normalized spacial score (nSPS) is 12.2. The maximum Gasteiger partial charge on any atom is 0.244 e. The molecule has 2 amide bonds. The van der Waals surface area contributed by atoms with Crippen LogP contribution in [0.2, 0.25) is 15.1 Å². The molecule has 0 bridgehead atoms. The Balaban J connectivity index is 2.37. The molecule has 2 rings (SSSR count). The first kappa shape index (κ1) is 28.2. The lowest BCUT2D eigenvalue weighted by molar-refractivity contribution is -0.139. The van der Waals surface area contributed by atoms with Crippen molar-refractivity contribution < 1.29 is 18.0 Å². The molecule has 0 saturated heterocycles. The fourth-order valence-corrected chi connectivity index (χ4v) is 4.73. The van der Waals surface area contributed by atoms with Gasteiger partial charge in [-0.25, -0.2) is 8.42 Å². The quantitative estimate of drug-likeness (QED) is 0.411. The first-order valence-corrected chi connectivity index (χ1v) is 13.7. The van der Waals surface area contributed by atoms with Crippen LogP contribution in [-0.2, 0) is 26.2 Å². The molecule has 34 heavy (non-hydrogen) atoms. The van der Waals surface area contributed by atoms with Gasteiger partial charge in [0.15, 0.2) is 0 Å². The van der Waals surface area contributed by atoms with Crippen molar-refractivity contribution >= 4 is 62.3 Å². The number of benzene rings is 2. The molecule has 2 aromatic carbocycles. The fraction of sp³-hybridized carbons (Fsp3) is 0.391. The number of sulfonamides is 1. The first-order chi connectivity index (χ1) is 15.9. The lowest BCUT2D eigenvalue weighted by Gasteiger charge is -2.31. The van der Waals surface area contributed by atoms with E-state index in [-0.39, 0.29) is 23.2 Å². The highest BCUT2D eigenvalue weighted by Crippen LogP contribution is 2.30. The van der Waals surface area contributed by atoms with Gasteiger partial charge in [-0.15, -0.1) is 0 Å². The molecule has 0 heterocycles. The minimum Gasteiger partial charge on any atom is -0.354 e. The summed E-state index contributed by atoms with van der Waals surface area (Å²) in [7, 11) is -3.88. The molecule has 0 saturated carbocycles. The van der Waals surface area contributed by atoms with Crippen molar-refractivity contribution in [1.29, 1.82) is 0 Å². The number of amides is 2. The Kier molecular flexibility index (Phi) is 10.5. The van der Waals surface area contributed by atoms with Gasteiger partial charge in [0.25, 0.3) is 0 Å². The zero-order valence-corrected chi connectivity index (χ0v) is 22.3. The molecule has 2 aromatic rings.